The lowest BCUT2D eigenvalue weighted by atomic mass is 10.0. The van der Waals surface area contributed by atoms with Gasteiger partial charge in [0, 0.05) is 25.6 Å². The van der Waals surface area contributed by atoms with Gasteiger partial charge in [0.15, 0.2) is 17.3 Å². The summed E-state index contributed by atoms with van der Waals surface area (Å²) in [4.78, 5) is 9.96. The van der Waals surface area contributed by atoms with E-state index in [1.165, 1.54) is 0 Å². The quantitative estimate of drug-likeness (QED) is 0.766. The molecule has 3 aromatic rings. The van der Waals surface area contributed by atoms with Gasteiger partial charge in [0.25, 0.3) is 0 Å². The van der Waals surface area contributed by atoms with E-state index in [-0.39, 0.29) is 0 Å². The van der Waals surface area contributed by atoms with Crippen molar-refractivity contribution in [3.05, 3.63) is 36.2 Å². The highest BCUT2D eigenvalue weighted by Gasteiger charge is 2.28. The van der Waals surface area contributed by atoms with Crippen molar-refractivity contribution in [2.45, 2.75) is 6.92 Å². The molecule has 1 aliphatic rings. The summed E-state index contributed by atoms with van der Waals surface area (Å²) >= 11 is 0. The molecule has 0 saturated carbocycles. The molecule has 1 N–H and O–H groups in total. The minimum Gasteiger partial charge on any atom is -0.354 e. The Labute approximate surface area is 131 Å². The lowest BCUT2D eigenvalue weighted by Gasteiger charge is -2.40. The molecule has 0 bridgehead atoms. The zero-order chi connectivity index (χ0) is 15.8. The zero-order valence-electron chi connectivity index (χ0n) is 12.5. The van der Waals surface area contributed by atoms with Crippen molar-refractivity contribution in [2.24, 2.45) is 5.92 Å². The van der Waals surface area contributed by atoms with Crippen molar-refractivity contribution in [1.82, 2.24) is 29.8 Å². The Morgan fingerprint density at radius 2 is 2.00 bits per heavy atom. The molecule has 4 rings (SSSR count). The van der Waals surface area contributed by atoms with Crippen LogP contribution in [0.4, 0.5) is 16.2 Å². The van der Waals surface area contributed by atoms with Crippen LogP contribution in [-0.4, -0.2) is 49.4 Å². The molecule has 8 nitrogen and oxygen atoms in total. The highest BCUT2D eigenvalue weighted by atomic mass is 19.1. The average Bonchev–Trinajstić information content (AvgIpc) is 2.89. The fourth-order valence-electron chi connectivity index (χ4n) is 2.58. The Morgan fingerprint density at radius 1 is 1.22 bits per heavy atom. The first kappa shape index (κ1) is 13.8. The number of halogens is 1. The van der Waals surface area contributed by atoms with Crippen molar-refractivity contribution in [3.8, 4) is 0 Å². The number of aromatic nitrogens is 6. The first-order valence-corrected chi connectivity index (χ1v) is 7.34. The normalized spacial score (nSPS) is 15.0. The first-order chi connectivity index (χ1) is 11.2. The molecule has 23 heavy (non-hydrogen) atoms. The lowest BCUT2D eigenvalue weighted by Crippen LogP contribution is -2.50. The van der Waals surface area contributed by atoms with Gasteiger partial charge in [-0.05, 0) is 19.1 Å². The number of hydrogen-bond donors (Lipinski definition) is 1. The molecule has 0 unspecified atom stereocenters. The van der Waals surface area contributed by atoms with E-state index in [0.29, 0.717) is 11.9 Å². The van der Waals surface area contributed by atoms with Crippen molar-refractivity contribution >= 4 is 17.4 Å². The zero-order valence-corrected chi connectivity index (χ0v) is 12.5. The van der Waals surface area contributed by atoms with E-state index in [1.807, 2.05) is 19.1 Å². The molecule has 0 radical (unpaired) electrons. The summed E-state index contributed by atoms with van der Waals surface area (Å²) in [6.45, 7) is 4.42. The second-order valence-corrected chi connectivity index (χ2v) is 5.59. The van der Waals surface area contributed by atoms with E-state index in [4.69, 9.17) is 0 Å². The van der Waals surface area contributed by atoms with E-state index < -0.39 is 5.82 Å². The third kappa shape index (κ3) is 2.65. The molecule has 0 amide bonds. The molecular weight excluding hydrogens is 299 g/mol. The fourth-order valence-corrected chi connectivity index (χ4v) is 2.58. The summed E-state index contributed by atoms with van der Waals surface area (Å²) in [7, 11) is 0. The maximum Gasteiger partial charge on any atom is 0.222 e. The van der Waals surface area contributed by atoms with E-state index in [0.717, 1.165) is 49.3 Å². The van der Waals surface area contributed by atoms with Gasteiger partial charge in [0.1, 0.15) is 5.82 Å². The maximum absolute atomic E-state index is 12.7. The Hall–Kier alpha value is -2.84. The Bertz CT molecular complexity index is 824. The van der Waals surface area contributed by atoms with E-state index >= 15 is 0 Å². The summed E-state index contributed by atoms with van der Waals surface area (Å²) in [5, 5.41) is 15.7. The molecule has 0 aliphatic carbocycles. The fraction of sp³-hybridized carbons (Fsp3) is 0.357. The topological polar surface area (TPSA) is 84.1 Å². The lowest BCUT2D eigenvalue weighted by molar-refractivity contribution is 0.424. The number of aryl methyl sites for hydroxylation is 1. The number of nitrogens with zero attached hydrogens (tertiary/aromatic N) is 7. The van der Waals surface area contributed by atoms with Crippen LogP contribution in [-0.2, 0) is 0 Å². The minimum atomic E-state index is -0.434. The average molecular weight is 314 g/mol. The van der Waals surface area contributed by atoms with Crippen molar-refractivity contribution in [3.63, 3.8) is 0 Å². The summed E-state index contributed by atoms with van der Waals surface area (Å²) in [5.41, 5.74) is 0.749. The second kappa shape index (κ2) is 5.41. The number of hydrogen-bond acceptors (Lipinski definition) is 7. The molecule has 0 spiro atoms. The Kier molecular flexibility index (Phi) is 3.25. The van der Waals surface area contributed by atoms with Crippen LogP contribution >= 0.6 is 0 Å². The molecule has 118 valence electrons. The molecule has 0 atom stereocenters. The van der Waals surface area contributed by atoms with Crippen molar-refractivity contribution in [2.75, 3.05) is 29.9 Å². The van der Waals surface area contributed by atoms with Gasteiger partial charge in [-0.2, -0.15) is 4.52 Å². The van der Waals surface area contributed by atoms with E-state index in [2.05, 4.69) is 35.5 Å². The van der Waals surface area contributed by atoms with Gasteiger partial charge in [-0.1, -0.05) is 0 Å². The summed E-state index contributed by atoms with van der Waals surface area (Å²) in [6, 6.07) is 3.87. The van der Waals surface area contributed by atoms with Gasteiger partial charge < -0.3 is 10.2 Å². The van der Waals surface area contributed by atoms with Crippen molar-refractivity contribution in [1.29, 1.82) is 0 Å². The van der Waals surface area contributed by atoms with Crippen LogP contribution in [0, 0.1) is 18.7 Å². The van der Waals surface area contributed by atoms with Gasteiger partial charge in [0.05, 0.1) is 12.4 Å². The third-order valence-corrected chi connectivity index (χ3v) is 3.85. The van der Waals surface area contributed by atoms with Crippen LogP contribution in [0.25, 0.3) is 5.65 Å². The highest BCUT2D eigenvalue weighted by Crippen LogP contribution is 2.23. The van der Waals surface area contributed by atoms with Gasteiger partial charge in [-0.25, -0.2) is 14.4 Å². The Morgan fingerprint density at radius 3 is 2.78 bits per heavy atom. The predicted octanol–water partition coefficient (Wildman–Crippen LogP) is 0.910. The van der Waals surface area contributed by atoms with Gasteiger partial charge in [0.2, 0.25) is 5.95 Å². The molecule has 1 aliphatic heterocycles. The van der Waals surface area contributed by atoms with Gasteiger partial charge in [-0.3, -0.25) is 0 Å². The number of fused-ring (bicyclic) bond motifs is 1. The molecule has 4 heterocycles. The van der Waals surface area contributed by atoms with Gasteiger partial charge in [-0.15, -0.1) is 15.3 Å². The first-order valence-electron chi connectivity index (χ1n) is 7.34. The molecule has 0 aromatic carbocycles. The molecule has 9 heteroatoms. The van der Waals surface area contributed by atoms with Gasteiger partial charge >= 0.3 is 0 Å². The van der Waals surface area contributed by atoms with Crippen LogP contribution < -0.4 is 10.2 Å². The molecule has 3 aromatic heterocycles. The summed E-state index contributed by atoms with van der Waals surface area (Å²) in [6.07, 6.45) is 2.31. The van der Waals surface area contributed by atoms with Crippen LogP contribution in [0.2, 0.25) is 0 Å². The largest absolute Gasteiger partial charge is 0.354 e. The minimum absolute atomic E-state index is 0.434. The summed E-state index contributed by atoms with van der Waals surface area (Å²) < 4.78 is 14.5. The predicted molar refractivity (Wildman–Crippen MR) is 81.7 cm³/mol. The number of anilines is 2. The van der Waals surface area contributed by atoms with Crippen LogP contribution in [0.1, 0.15) is 5.82 Å². The highest BCUT2D eigenvalue weighted by molar-refractivity contribution is 5.47. The third-order valence-electron chi connectivity index (χ3n) is 3.85. The number of nitrogens with one attached hydrogen (secondary N) is 1. The smallest absolute Gasteiger partial charge is 0.222 e. The second-order valence-electron chi connectivity index (χ2n) is 5.59. The molecule has 1 saturated heterocycles. The molecule has 1 fully saturated rings. The SMILES string of the molecule is Cc1nnc2ccc(N3CC(CNc4ncc(F)cn4)C3)nn12. The monoisotopic (exact) mass is 314 g/mol. The maximum atomic E-state index is 12.7. The van der Waals surface area contributed by atoms with Crippen LogP contribution in [0.15, 0.2) is 24.5 Å². The van der Waals surface area contributed by atoms with E-state index in [9.17, 15) is 4.39 Å². The Balaban J connectivity index is 1.35. The number of rotatable bonds is 4. The molecular formula is C14H15FN8. The van der Waals surface area contributed by atoms with Crippen LogP contribution in [0.5, 0.6) is 0 Å². The van der Waals surface area contributed by atoms with E-state index in [1.54, 1.807) is 4.52 Å². The van der Waals surface area contributed by atoms with Crippen molar-refractivity contribution < 1.29 is 4.39 Å². The summed E-state index contributed by atoms with van der Waals surface area (Å²) in [5.74, 6) is 2.17. The van der Waals surface area contributed by atoms with Crippen LogP contribution in [0.3, 0.4) is 0 Å². The standard InChI is InChI=1S/C14H15FN8/c1-9-19-20-12-2-3-13(21-23(9)12)22-7-10(8-22)4-16-14-17-5-11(15)6-18-14/h2-3,5-6,10H,4,7-8H2,1H3,(H,16,17,18).